The molecule has 0 bridgehead atoms. The predicted molar refractivity (Wildman–Crippen MR) is 72.2 cm³/mol. The summed E-state index contributed by atoms with van der Waals surface area (Å²) in [6.07, 6.45) is 0. The Morgan fingerprint density at radius 1 is 0.533 bits per heavy atom. The third-order valence-electron chi connectivity index (χ3n) is 2.09. The summed E-state index contributed by atoms with van der Waals surface area (Å²) in [6, 6.07) is 21.5. The molecule has 0 aliphatic rings. The zero-order valence-corrected chi connectivity index (χ0v) is 17.1. The van der Waals surface area contributed by atoms with Crippen LogP contribution in [-0.2, 0) is 0 Å². The maximum atomic E-state index is 2.22. The van der Waals surface area contributed by atoms with Gasteiger partial charge in [0.15, 0.2) is 0 Å². The maximum absolute atomic E-state index is 2.22. The Kier molecular flexibility index (Phi) is 11.2. The van der Waals surface area contributed by atoms with E-state index >= 15 is 0 Å². The molecule has 0 aromatic heterocycles. The van der Waals surface area contributed by atoms with Crippen molar-refractivity contribution in [3.63, 3.8) is 0 Å². The van der Waals surface area contributed by atoms with Crippen LogP contribution < -0.4 is 10.4 Å². The first kappa shape index (κ1) is 16.9. The topological polar surface area (TPSA) is 0 Å². The minimum Gasteiger partial charge on any atom is -0.0633 e. The van der Waals surface area contributed by atoms with Crippen molar-refractivity contribution in [2.24, 2.45) is 0 Å². The van der Waals surface area contributed by atoms with Crippen LogP contribution in [0.3, 0.4) is 0 Å². The molecule has 0 aliphatic heterocycles. The smallest absolute Gasteiger partial charge is 0.0633 e. The molecule has 0 fully saturated rings. The minimum absolute atomic E-state index is 0. The van der Waals surface area contributed by atoms with Gasteiger partial charge in [-0.15, -0.1) is 0 Å². The molecule has 0 spiro atoms. The molecule has 0 aliphatic carbocycles. The van der Waals surface area contributed by atoms with Crippen LogP contribution in [0.5, 0.6) is 0 Å². The fraction of sp³-hybridized carbons (Fsp3) is 0. The second-order valence-electron chi connectivity index (χ2n) is 3.15. The van der Waals surface area contributed by atoms with Crippen LogP contribution in [0, 0.1) is 0 Å². The summed E-state index contributed by atoms with van der Waals surface area (Å²) in [7, 11) is -0.234. The van der Waals surface area contributed by atoms with E-state index < -0.39 is 0 Å². The quantitative estimate of drug-likeness (QED) is 0.671. The van der Waals surface area contributed by atoms with E-state index in [0.29, 0.717) is 0 Å². The standard InChI is InChI=1S/C12H12Si.2K/c1-3-7-11(8-4-1)13-12-9-5-2-6-10-12;;/h1-10H,13H2;;. The molecular formula is C12H12K2Si. The van der Waals surface area contributed by atoms with E-state index in [9.17, 15) is 0 Å². The summed E-state index contributed by atoms with van der Waals surface area (Å²) < 4.78 is 0. The van der Waals surface area contributed by atoms with Gasteiger partial charge in [0.2, 0.25) is 0 Å². The van der Waals surface area contributed by atoms with Gasteiger partial charge in [-0.05, 0) is 0 Å². The molecule has 2 aromatic carbocycles. The van der Waals surface area contributed by atoms with Gasteiger partial charge in [-0.1, -0.05) is 71.0 Å². The van der Waals surface area contributed by atoms with Crippen molar-refractivity contribution in [3.05, 3.63) is 60.7 Å². The fourth-order valence-corrected chi connectivity index (χ4v) is 2.91. The average molecular weight is 263 g/mol. The van der Waals surface area contributed by atoms with Gasteiger partial charge in [0.1, 0.15) is 0 Å². The van der Waals surface area contributed by atoms with E-state index in [1.165, 1.54) is 10.4 Å². The zero-order valence-electron chi connectivity index (χ0n) is 9.48. The summed E-state index contributed by atoms with van der Waals surface area (Å²) in [4.78, 5) is 0. The van der Waals surface area contributed by atoms with Crippen molar-refractivity contribution in [3.8, 4) is 0 Å². The van der Waals surface area contributed by atoms with Crippen LogP contribution in [0.15, 0.2) is 60.7 Å². The molecule has 15 heavy (non-hydrogen) atoms. The van der Waals surface area contributed by atoms with Crippen molar-refractivity contribution in [1.82, 2.24) is 0 Å². The van der Waals surface area contributed by atoms with Gasteiger partial charge in [-0.2, -0.15) is 0 Å². The molecule has 0 unspecified atom stereocenters. The van der Waals surface area contributed by atoms with E-state index in [1.54, 1.807) is 0 Å². The number of benzene rings is 2. The second-order valence-corrected chi connectivity index (χ2v) is 5.13. The number of hydrogen-bond acceptors (Lipinski definition) is 0. The van der Waals surface area contributed by atoms with Crippen LogP contribution in [0.25, 0.3) is 0 Å². The van der Waals surface area contributed by atoms with Crippen LogP contribution >= 0.6 is 0 Å². The number of rotatable bonds is 2. The van der Waals surface area contributed by atoms with Gasteiger partial charge >= 0.3 is 0 Å². The molecular weight excluding hydrogens is 250 g/mol. The van der Waals surface area contributed by atoms with Crippen molar-refractivity contribution in [2.45, 2.75) is 0 Å². The van der Waals surface area contributed by atoms with Gasteiger partial charge in [0.05, 0.1) is 9.52 Å². The molecule has 2 rings (SSSR count). The first-order valence-electron chi connectivity index (χ1n) is 4.53. The van der Waals surface area contributed by atoms with E-state index in [2.05, 4.69) is 60.7 Å². The molecule has 0 saturated heterocycles. The largest absolute Gasteiger partial charge is 0.0875 e. The first-order chi connectivity index (χ1) is 6.45. The Labute approximate surface area is 179 Å². The molecule has 0 heterocycles. The van der Waals surface area contributed by atoms with Crippen molar-refractivity contribution in [2.75, 3.05) is 0 Å². The second kappa shape index (κ2) is 9.91. The zero-order chi connectivity index (χ0) is 8.93. The van der Waals surface area contributed by atoms with Gasteiger partial charge < -0.3 is 0 Å². The fourth-order valence-electron chi connectivity index (χ4n) is 1.43. The van der Waals surface area contributed by atoms with E-state index in [4.69, 9.17) is 0 Å². The molecule has 66 valence electrons. The summed E-state index contributed by atoms with van der Waals surface area (Å²) in [5.74, 6) is 0. The van der Waals surface area contributed by atoms with Gasteiger partial charge in [0, 0.05) is 103 Å². The van der Waals surface area contributed by atoms with E-state index in [0.717, 1.165) is 0 Å². The van der Waals surface area contributed by atoms with Crippen molar-refractivity contribution in [1.29, 1.82) is 0 Å². The molecule has 2 aromatic rings. The molecule has 2 radical (unpaired) electrons. The predicted octanol–water partition coefficient (Wildman–Crippen LogP) is 0.0446. The van der Waals surface area contributed by atoms with Crippen molar-refractivity contribution < 1.29 is 0 Å². The normalized spacial score (nSPS) is 8.53. The van der Waals surface area contributed by atoms with Crippen LogP contribution in [-0.4, -0.2) is 112 Å². The van der Waals surface area contributed by atoms with Crippen LogP contribution in [0.2, 0.25) is 0 Å². The Bertz CT molecular complexity index is 324. The summed E-state index contributed by atoms with van der Waals surface area (Å²) in [6.45, 7) is 0. The Morgan fingerprint density at radius 3 is 1.20 bits per heavy atom. The monoisotopic (exact) mass is 262 g/mol. The molecule has 0 nitrogen and oxygen atoms in total. The molecule has 3 heteroatoms. The van der Waals surface area contributed by atoms with E-state index in [1.807, 2.05) is 0 Å². The molecule has 0 atom stereocenters. The SMILES string of the molecule is [K].[K].c1ccc([SiH2]c2ccccc2)cc1. The Hall–Kier alpha value is 1.93. The summed E-state index contributed by atoms with van der Waals surface area (Å²) in [5, 5.41) is 3.02. The Balaban J connectivity index is 0.000000980. The average Bonchev–Trinajstić information content (AvgIpc) is 2.21. The summed E-state index contributed by atoms with van der Waals surface area (Å²) >= 11 is 0. The molecule has 0 amide bonds. The third-order valence-corrected chi connectivity index (χ3v) is 3.85. The molecule has 0 saturated carbocycles. The third kappa shape index (κ3) is 6.43. The minimum atomic E-state index is -0.234. The maximum Gasteiger partial charge on any atom is 0.0875 e. The summed E-state index contributed by atoms with van der Waals surface area (Å²) in [5.41, 5.74) is 0. The van der Waals surface area contributed by atoms with Crippen LogP contribution in [0.1, 0.15) is 0 Å². The first-order valence-corrected chi connectivity index (χ1v) is 5.94. The van der Waals surface area contributed by atoms with Gasteiger partial charge in [-0.3, -0.25) is 0 Å². The van der Waals surface area contributed by atoms with E-state index in [-0.39, 0.29) is 112 Å². The van der Waals surface area contributed by atoms with Crippen molar-refractivity contribution >= 4 is 123 Å². The van der Waals surface area contributed by atoms with Crippen LogP contribution in [0.4, 0.5) is 0 Å². The van der Waals surface area contributed by atoms with Gasteiger partial charge in [0.25, 0.3) is 0 Å². The van der Waals surface area contributed by atoms with Gasteiger partial charge in [-0.25, -0.2) is 0 Å². The molecule has 0 N–H and O–H groups in total. The Morgan fingerprint density at radius 2 is 0.867 bits per heavy atom. The number of hydrogen-bond donors (Lipinski definition) is 0.